The van der Waals surface area contributed by atoms with E-state index < -0.39 is 0 Å². The van der Waals surface area contributed by atoms with Gasteiger partial charge < -0.3 is 14.9 Å². The van der Waals surface area contributed by atoms with Crippen LogP contribution < -0.4 is 4.90 Å². The Morgan fingerprint density at radius 2 is 2.00 bits per heavy atom. The molecule has 3 rings (SSSR count). The van der Waals surface area contributed by atoms with Gasteiger partial charge in [0.05, 0.1) is 0 Å². The van der Waals surface area contributed by atoms with Crippen molar-refractivity contribution in [1.29, 1.82) is 0 Å². The second-order valence-electron chi connectivity index (χ2n) is 6.45. The Bertz CT molecular complexity index is 461. The zero-order chi connectivity index (χ0) is 14.1. The first-order chi connectivity index (χ1) is 9.67. The predicted molar refractivity (Wildman–Crippen MR) is 78.8 cm³/mol. The molecule has 1 N–H and O–H groups in total. The number of anilines is 1. The molecule has 0 spiro atoms. The van der Waals surface area contributed by atoms with Crippen LogP contribution in [0.25, 0.3) is 0 Å². The first-order valence-electron chi connectivity index (χ1n) is 7.50. The van der Waals surface area contributed by atoms with E-state index in [9.17, 15) is 5.11 Å². The number of hydrogen-bond acceptors (Lipinski definition) is 5. The SMILES string of the molecule is CN(C)C[C@@H]1CN(c2cc(C3CC3)ncn2)C[C@@H]1CO. The summed E-state index contributed by atoms with van der Waals surface area (Å²) in [7, 11) is 4.18. The Balaban J connectivity index is 1.72. The molecule has 0 aromatic carbocycles. The lowest BCUT2D eigenvalue weighted by molar-refractivity contribution is 0.185. The van der Waals surface area contributed by atoms with Gasteiger partial charge in [-0.1, -0.05) is 0 Å². The lowest BCUT2D eigenvalue weighted by Gasteiger charge is -2.20. The highest BCUT2D eigenvalue weighted by Crippen LogP contribution is 2.40. The van der Waals surface area contributed by atoms with E-state index in [1.807, 2.05) is 0 Å². The molecule has 5 heteroatoms. The normalized spacial score (nSPS) is 26.5. The van der Waals surface area contributed by atoms with Crippen molar-refractivity contribution in [3.63, 3.8) is 0 Å². The summed E-state index contributed by atoms with van der Waals surface area (Å²) in [6.45, 7) is 3.15. The fourth-order valence-corrected chi connectivity index (χ4v) is 3.15. The smallest absolute Gasteiger partial charge is 0.132 e. The van der Waals surface area contributed by atoms with E-state index in [-0.39, 0.29) is 6.61 Å². The van der Waals surface area contributed by atoms with E-state index in [1.54, 1.807) is 6.33 Å². The summed E-state index contributed by atoms with van der Waals surface area (Å²) in [4.78, 5) is 13.3. The molecule has 1 aliphatic carbocycles. The third-order valence-electron chi connectivity index (χ3n) is 4.40. The Morgan fingerprint density at radius 1 is 1.25 bits per heavy atom. The molecule has 5 nitrogen and oxygen atoms in total. The number of aliphatic hydroxyl groups is 1. The summed E-state index contributed by atoms with van der Waals surface area (Å²) in [6, 6.07) is 2.14. The minimum Gasteiger partial charge on any atom is -0.396 e. The van der Waals surface area contributed by atoms with Gasteiger partial charge in [-0.15, -0.1) is 0 Å². The van der Waals surface area contributed by atoms with Gasteiger partial charge in [-0.05, 0) is 32.9 Å². The lowest BCUT2D eigenvalue weighted by atomic mass is 9.97. The largest absolute Gasteiger partial charge is 0.396 e. The maximum Gasteiger partial charge on any atom is 0.132 e. The zero-order valence-corrected chi connectivity index (χ0v) is 12.4. The molecule has 1 aromatic heterocycles. The monoisotopic (exact) mass is 276 g/mol. The molecule has 2 atom stereocenters. The molecule has 2 fully saturated rings. The predicted octanol–water partition coefficient (Wildman–Crippen LogP) is 0.960. The van der Waals surface area contributed by atoms with Gasteiger partial charge >= 0.3 is 0 Å². The van der Waals surface area contributed by atoms with Gasteiger partial charge in [-0.3, -0.25) is 0 Å². The van der Waals surface area contributed by atoms with Crippen LogP contribution in [0.2, 0.25) is 0 Å². The Hall–Kier alpha value is -1.20. The maximum atomic E-state index is 9.59. The van der Waals surface area contributed by atoms with Crippen LogP contribution in [0.4, 0.5) is 5.82 Å². The molecule has 1 aliphatic heterocycles. The summed E-state index contributed by atoms with van der Waals surface area (Å²) < 4.78 is 0. The van der Waals surface area contributed by atoms with E-state index in [0.29, 0.717) is 17.8 Å². The van der Waals surface area contributed by atoms with Crippen LogP contribution in [0.5, 0.6) is 0 Å². The molecule has 2 aliphatic rings. The van der Waals surface area contributed by atoms with E-state index in [4.69, 9.17) is 0 Å². The van der Waals surface area contributed by atoms with Gasteiger partial charge in [-0.25, -0.2) is 9.97 Å². The van der Waals surface area contributed by atoms with Gasteiger partial charge in [0.2, 0.25) is 0 Å². The molecular weight excluding hydrogens is 252 g/mol. The van der Waals surface area contributed by atoms with Gasteiger partial charge in [0, 0.05) is 49.8 Å². The van der Waals surface area contributed by atoms with E-state index in [0.717, 1.165) is 25.5 Å². The minimum atomic E-state index is 0.259. The molecule has 0 radical (unpaired) electrons. The van der Waals surface area contributed by atoms with Crippen LogP contribution in [-0.4, -0.2) is 60.3 Å². The Labute approximate surface area is 120 Å². The highest BCUT2D eigenvalue weighted by molar-refractivity contribution is 5.42. The molecule has 0 amide bonds. The molecule has 0 unspecified atom stereocenters. The fourth-order valence-electron chi connectivity index (χ4n) is 3.15. The molecule has 0 bridgehead atoms. The first kappa shape index (κ1) is 13.8. The fraction of sp³-hybridized carbons (Fsp3) is 0.733. The Morgan fingerprint density at radius 3 is 2.65 bits per heavy atom. The van der Waals surface area contributed by atoms with Crippen LogP contribution in [0.1, 0.15) is 24.5 Å². The molecule has 2 heterocycles. The van der Waals surface area contributed by atoms with Gasteiger partial charge in [0.25, 0.3) is 0 Å². The van der Waals surface area contributed by atoms with E-state index >= 15 is 0 Å². The standard InChI is InChI=1S/C15H24N4O/c1-18(2)6-12-7-19(8-13(12)9-20)15-5-14(11-3-4-11)16-10-17-15/h5,10-13,20H,3-4,6-9H2,1-2H3/t12-,13-/m1/s1. The van der Waals surface area contributed by atoms with Crippen molar-refractivity contribution in [3.05, 3.63) is 18.1 Å². The van der Waals surface area contributed by atoms with E-state index in [1.165, 1.54) is 18.5 Å². The summed E-state index contributed by atoms with van der Waals surface area (Å²) in [5.74, 6) is 2.54. The van der Waals surface area contributed by atoms with Crippen molar-refractivity contribution in [3.8, 4) is 0 Å². The number of aromatic nitrogens is 2. The van der Waals surface area contributed by atoms with Crippen LogP contribution in [0.3, 0.4) is 0 Å². The van der Waals surface area contributed by atoms with Crippen molar-refractivity contribution in [2.75, 3.05) is 45.2 Å². The van der Waals surface area contributed by atoms with Crippen molar-refractivity contribution in [2.24, 2.45) is 11.8 Å². The number of rotatable bonds is 5. The summed E-state index contributed by atoms with van der Waals surface area (Å²) in [6.07, 6.45) is 4.22. The maximum absolute atomic E-state index is 9.59. The Kier molecular flexibility index (Phi) is 3.89. The second-order valence-corrected chi connectivity index (χ2v) is 6.45. The highest BCUT2D eigenvalue weighted by atomic mass is 16.3. The number of hydrogen-bond donors (Lipinski definition) is 1. The van der Waals surface area contributed by atoms with Crippen molar-refractivity contribution < 1.29 is 5.11 Å². The molecular formula is C15H24N4O. The zero-order valence-electron chi connectivity index (χ0n) is 12.4. The topological polar surface area (TPSA) is 52.5 Å². The van der Waals surface area contributed by atoms with E-state index in [2.05, 4.69) is 39.9 Å². The average Bonchev–Trinajstić information content (AvgIpc) is 3.21. The third-order valence-corrected chi connectivity index (χ3v) is 4.40. The number of nitrogens with zero attached hydrogens (tertiary/aromatic N) is 4. The summed E-state index contributed by atoms with van der Waals surface area (Å²) >= 11 is 0. The first-order valence-corrected chi connectivity index (χ1v) is 7.50. The van der Waals surface area contributed by atoms with Crippen molar-refractivity contribution in [2.45, 2.75) is 18.8 Å². The van der Waals surface area contributed by atoms with Gasteiger partial charge in [-0.2, -0.15) is 0 Å². The average molecular weight is 276 g/mol. The van der Waals surface area contributed by atoms with Crippen LogP contribution in [0, 0.1) is 11.8 Å². The summed E-state index contributed by atoms with van der Waals surface area (Å²) in [5.41, 5.74) is 1.19. The molecule has 20 heavy (non-hydrogen) atoms. The quantitative estimate of drug-likeness (QED) is 0.868. The van der Waals surface area contributed by atoms with Gasteiger partial charge in [0.15, 0.2) is 0 Å². The number of aliphatic hydroxyl groups excluding tert-OH is 1. The second kappa shape index (κ2) is 5.66. The molecule has 1 saturated heterocycles. The van der Waals surface area contributed by atoms with Gasteiger partial charge in [0.1, 0.15) is 12.1 Å². The minimum absolute atomic E-state index is 0.259. The third kappa shape index (κ3) is 2.94. The molecule has 1 saturated carbocycles. The van der Waals surface area contributed by atoms with Crippen molar-refractivity contribution >= 4 is 5.82 Å². The van der Waals surface area contributed by atoms with Crippen LogP contribution >= 0.6 is 0 Å². The highest BCUT2D eigenvalue weighted by Gasteiger charge is 2.34. The van der Waals surface area contributed by atoms with Crippen LogP contribution in [-0.2, 0) is 0 Å². The van der Waals surface area contributed by atoms with Crippen molar-refractivity contribution in [1.82, 2.24) is 14.9 Å². The molecule has 1 aromatic rings. The van der Waals surface area contributed by atoms with Crippen LogP contribution in [0.15, 0.2) is 12.4 Å². The molecule has 110 valence electrons. The lowest BCUT2D eigenvalue weighted by Crippen LogP contribution is -2.28. The summed E-state index contributed by atoms with van der Waals surface area (Å²) in [5, 5.41) is 9.59.